The van der Waals surface area contributed by atoms with E-state index in [9.17, 15) is 8.42 Å². The van der Waals surface area contributed by atoms with E-state index in [1.54, 1.807) is 25.1 Å². The molecule has 1 N–H and O–H groups in total. The van der Waals surface area contributed by atoms with E-state index in [1.807, 2.05) is 0 Å². The normalized spacial score (nSPS) is 13.8. The highest BCUT2D eigenvalue weighted by Crippen LogP contribution is 2.22. The zero-order chi connectivity index (χ0) is 12.3. The van der Waals surface area contributed by atoms with Gasteiger partial charge in [-0.25, -0.2) is 13.1 Å². The Kier molecular flexibility index (Phi) is 4.62. The zero-order valence-corrected chi connectivity index (χ0v) is 11.3. The van der Waals surface area contributed by atoms with Gasteiger partial charge in [0, 0.05) is 16.1 Å². The van der Waals surface area contributed by atoms with Gasteiger partial charge >= 0.3 is 0 Å². The summed E-state index contributed by atoms with van der Waals surface area (Å²) in [5.74, 6) is 0. The number of halogens is 2. The minimum Gasteiger partial charge on any atom is -0.213 e. The number of hydrogen-bond acceptors (Lipinski definition) is 2. The molecule has 0 saturated heterocycles. The van der Waals surface area contributed by atoms with Crippen LogP contribution in [0.25, 0.3) is 0 Å². The van der Waals surface area contributed by atoms with Crippen molar-refractivity contribution in [2.75, 3.05) is 6.26 Å². The molecule has 1 aromatic carbocycles. The van der Waals surface area contributed by atoms with E-state index in [-0.39, 0.29) is 6.04 Å². The second-order valence-corrected chi connectivity index (χ2v) is 6.35. The summed E-state index contributed by atoms with van der Waals surface area (Å²) in [4.78, 5) is 0. The maximum absolute atomic E-state index is 11.0. The molecule has 90 valence electrons. The van der Waals surface area contributed by atoms with Gasteiger partial charge in [-0.2, -0.15) is 0 Å². The van der Waals surface area contributed by atoms with Crippen molar-refractivity contribution in [1.82, 2.24) is 4.72 Å². The third kappa shape index (κ3) is 4.70. The summed E-state index contributed by atoms with van der Waals surface area (Å²) in [6.07, 6.45) is 1.66. The lowest BCUT2D eigenvalue weighted by molar-refractivity contribution is 0.565. The first-order valence-corrected chi connectivity index (χ1v) is 7.34. The summed E-state index contributed by atoms with van der Waals surface area (Å²) in [5.41, 5.74) is 0.870. The largest absolute Gasteiger partial charge is 0.213 e. The highest BCUT2D eigenvalue weighted by Gasteiger charge is 2.11. The highest BCUT2D eigenvalue weighted by molar-refractivity contribution is 7.88. The molecule has 16 heavy (non-hydrogen) atoms. The Bertz CT molecular complexity index is 474. The first kappa shape index (κ1) is 13.8. The number of rotatable bonds is 4. The molecule has 0 spiro atoms. The van der Waals surface area contributed by atoms with Gasteiger partial charge < -0.3 is 0 Å². The van der Waals surface area contributed by atoms with Gasteiger partial charge in [0.2, 0.25) is 10.0 Å². The Morgan fingerprint density at radius 1 is 1.38 bits per heavy atom. The van der Waals surface area contributed by atoms with E-state index in [1.165, 1.54) is 0 Å². The van der Waals surface area contributed by atoms with Gasteiger partial charge in [0.15, 0.2) is 0 Å². The summed E-state index contributed by atoms with van der Waals surface area (Å²) in [7, 11) is -3.18. The lowest BCUT2D eigenvalue weighted by atomic mass is 10.1. The topological polar surface area (TPSA) is 46.2 Å². The highest BCUT2D eigenvalue weighted by atomic mass is 35.5. The fourth-order valence-corrected chi connectivity index (χ4v) is 2.72. The second kappa shape index (κ2) is 5.36. The van der Waals surface area contributed by atoms with Crippen LogP contribution in [0.15, 0.2) is 18.2 Å². The van der Waals surface area contributed by atoms with Crippen LogP contribution in [0.4, 0.5) is 0 Å². The zero-order valence-electron chi connectivity index (χ0n) is 9.00. The van der Waals surface area contributed by atoms with Gasteiger partial charge in [0.05, 0.1) is 6.26 Å². The SMILES string of the molecule is CC(Cc1ccc(Cl)cc1Cl)NS(C)(=O)=O. The summed E-state index contributed by atoms with van der Waals surface area (Å²) >= 11 is 11.7. The Morgan fingerprint density at radius 2 is 2.00 bits per heavy atom. The summed E-state index contributed by atoms with van der Waals surface area (Å²) in [6.45, 7) is 1.78. The Labute approximate surface area is 106 Å². The minimum atomic E-state index is -3.18. The van der Waals surface area contributed by atoms with E-state index in [2.05, 4.69) is 4.72 Å². The molecule has 0 aromatic heterocycles. The van der Waals surface area contributed by atoms with Crippen LogP contribution < -0.4 is 4.72 Å². The first-order chi connectivity index (χ1) is 7.28. The average Bonchev–Trinajstić information content (AvgIpc) is 2.06. The van der Waals surface area contributed by atoms with Gasteiger partial charge in [-0.15, -0.1) is 0 Å². The third-order valence-corrected chi connectivity index (χ3v) is 3.37. The Morgan fingerprint density at radius 3 is 2.50 bits per heavy atom. The monoisotopic (exact) mass is 281 g/mol. The van der Waals surface area contributed by atoms with Crippen molar-refractivity contribution in [1.29, 1.82) is 0 Å². The van der Waals surface area contributed by atoms with Gasteiger partial charge in [-0.3, -0.25) is 0 Å². The molecule has 0 aliphatic heterocycles. The van der Waals surface area contributed by atoms with Crippen LogP contribution in [0.1, 0.15) is 12.5 Å². The lowest BCUT2D eigenvalue weighted by Crippen LogP contribution is -2.33. The number of sulfonamides is 1. The molecule has 0 heterocycles. The molecule has 0 amide bonds. The van der Waals surface area contributed by atoms with Crippen LogP contribution in [0, 0.1) is 0 Å². The van der Waals surface area contributed by atoms with E-state index in [4.69, 9.17) is 23.2 Å². The van der Waals surface area contributed by atoms with Crippen molar-refractivity contribution in [2.24, 2.45) is 0 Å². The molecule has 0 aliphatic carbocycles. The maximum Gasteiger partial charge on any atom is 0.208 e. The smallest absolute Gasteiger partial charge is 0.208 e. The molecular formula is C10H13Cl2NO2S. The first-order valence-electron chi connectivity index (χ1n) is 4.69. The molecule has 1 unspecified atom stereocenters. The summed E-state index contributed by atoms with van der Waals surface area (Å²) in [5, 5.41) is 1.12. The molecule has 0 aliphatic rings. The quantitative estimate of drug-likeness (QED) is 0.922. The average molecular weight is 282 g/mol. The van der Waals surface area contributed by atoms with Gasteiger partial charge in [-0.05, 0) is 31.0 Å². The van der Waals surface area contributed by atoms with Crippen molar-refractivity contribution >= 4 is 33.2 Å². The summed E-state index contributed by atoms with van der Waals surface area (Å²) in [6, 6.07) is 4.97. The molecule has 0 fully saturated rings. The van der Waals surface area contributed by atoms with Gasteiger partial charge in [-0.1, -0.05) is 29.3 Å². The van der Waals surface area contributed by atoms with E-state index < -0.39 is 10.0 Å². The van der Waals surface area contributed by atoms with Crippen molar-refractivity contribution in [3.63, 3.8) is 0 Å². The fourth-order valence-electron chi connectivity index (χ4n) is 1.42. The molecular weight excluding hydrogens is 269 g/mol. The van der Waals surface area contributed by atoms with Crippen LogP contribution in [0.3, 0.4) is 0 Å². The minimum absolute atomic E-state index is 0.200. The predicted molar refractivity (Wildman–Crippen MR) is 67.6 cm³/mol. The number of nitrogens with one attached hydrogen (secondary N) is 1. The van der Waals surface area contributed by atoms with E-state index >= 15 is 0 Å². The molecule has 1 aromatic rings. The lowest BCUT2D eigenvalue weighted by Gasteiger charge is -2.13. The number of hydrogen-bond donors (Lipinski definition) is 1. The van der Waals surface area contributed by atoms with Crippen LogP contribution in [-0.4, -0.2) is 20.7 Å². The number of benzene rings is 1. The fraction of sp³-hybridized carbons (Fsp3) is 0.400. The van der Waals surface area contributed by atoms with Crippen molar-refractivity contribution < 1.29 is 8.42 Å². The molecule has 6 heteroatoms. The van der Waals surface area contributed by atoms with Crippen molar-refractivity contribution in [2.45, 2.75) is 19.4 Å². The van der Waals surface area contributed by atoms with E-state index in [0.717, 1.165) is 11.8 Å². The standard InChI is InChI=1S/C10H13Cl2NO2S/c1-7(13-16(2,14)15)5-8-3-4-9(11)6-10(8)12/h3-4,6-7,13H,5H2,1-2H3. The van der Waals surface area contributed by atoms with Crippen LogP contribution >= 0.6 is 23.2 Å². The van der Waals surface area contributed by atoms with Crippen LogP contribution in [0.2, 0.25) is 10.0 Å². The van der Waals surface area contributed by atoms with Crippen molar-refractivity contribution in [3.05, 3.63) is 33.8 Å². The van der Waals surface area contributed by atoms with E-state index in [0.29, 0.717) is 16.5 Å². The Hall–Kier alpha value is -0.290. The Balaban J connectivity index is 2.73. The predicted octanol–water partition coefficient (Wildman–Crippen LogP) is 2.47. The van der Waals surface area contributed by atoms with Gasteiger partial charge in [0.25, 0.3) is 0 Å². The second-order valence-electron chi connectivity index (χ2n) is 3.73. The van der Waals surface area contributed by atoms with Crippen LogP contribution in [-0.2, 0) is 16.4 Å². The third-order valence-electron chi connectivity index (χ3n) is 1.96. The molecule has 0 saturated carbocycles. The summed E-state index contributed by atoms with van der Waals surface area (Å²) < 4.78 is 24.5. The molecule has 1 rings (SSSR count). The van der Waals surface area contributed by atoms with Gasteiger partial charge in [0.1, 0.15) is 0 Å². The molecule has 0 radical (unpaired) electrons. The van der Waals surface area contributed by atoms with Crippen LogP contribution in [0.5, 0.6) is 0 Å². The molecule has 0 bridgehead atoms. The maximum atomic E-state index is 11.0. The molecule has 3 nitrogen and oxygen atoms in total. The van der Waals surface area contributed by atoms with Crippen molar-refractivity contribution in [3.8, 4) is 0 Å². The molecule has 1 atom stereocenters.